The van der Waals surface area contributed by atoms with Gasteiger partial charge in [-0.15, -0.1) is 0 Å². The predicted molar refractivity (Wildman–Crippen MR) is 159 cm³/mol. The van der Waals surface area contributed by atoms with E-state index in [1.54, 1.807) is 43.3 Å². The Kier molecular flexibility index (Phi) is 8.53. The molecule has 0 saturated carbocycles. The van der Waals surface area contributed by atoms with Gasteiger partial charge in [0, 0.05) is 10.7 Å². The second-order valence-corrected chi connectivity index (χ2v) is 13.1. The van der Waals surface area contributed by atoms with Gasteiger partial charge in [-0.05, 0) is 86.0 Å². The second-order valence-electron chi connectivity index (χ2n) is 9.15. The summed E-state index contributed by atoms with van der Waals surface area (Å²) in [6.45, 7) is 4.77. The topological polar surface area (TPSA) is 113 Å². The van der Waals surface area contributed by atoms with Gasteiger partial charge in [0.25, 0.3) is 20.0 Å². The number of aryl methyl sites for hydroxylation is 2. The van der Waals surface area contributed by atoms with Crippen LogP contribution in [0.4, 0.5) is 17.1 Å². The van der Waals surface area contributed by atoms with Gasteiger partial charge in [0.15, 0.2) is 0 Å². The maximum Gasteiger partial charge on any atom is 0.264 e. The normalized spacial score (nSPS) is 11.6. The van der Waals surface area contributed by atoms with Gasteiger partial charge in [0.05, 0.1) is 21.2 Å². The molecule has 11 heteroatoms. The van der Waals surface area contributed by atoms with Crippen LogP contribution in [0, 0.1) is 20.8 Å². The molecule has 0 unspecified atom stereocenters. The van der Waals surface area contributed by atoms with Crippen molar-refractivity contribution in [2.45, 2.75) is 30.6 Å². The van der Waals surface area contributed by atoms with Crippen LogP contribution >= 0.6 is 11.6 Å². The standard InChI is InChI=1S/C29H28ClN3O5S2/c1-20-9-7-10-21(2)29(20)32-39(35,36)24-17-15-23(16-18-24)31-28(34)19-33(27-14-8-13-26(30)22(27)3)40(37,38)25-11-5-4-6-12-25/h4-18,32H,19H2,1-3H3,(H,31,34). The van der Waals surface area contributed by atoms with Crippen molar-refractivity contribution in [3.05, 3.63) is 113 Å². The monoisotopic (exact) mass is 597 g/mol. The zero-order valence-corrected chi connectivity index (χ0v) is 24.4. The fraction of sp³-hybridized carbons (Fsp3) is 0.138. The van der Waals surface area contributed by atoms with Crippen molar-refractivity contribution in [3.8, 4) is 0 Å². The van der Waals surface area contributed by atoms with Crippen LogP contribution in [0.15, 0.2) is 101 Å². The van der Waals surface area contributed by atoms with E-state index in [1.807, 2.05) is 32.0 Å². The van der Waals surface area contributed by atoms with Gasteiger partial charge in [-0.2, -0.15) is 0 Å². The number of benzene rings is 4. The molecule has 2 N–H and O–H groups in total. The predicted octanol–water partition coefficient (Wildman–Crippen LogP) is 5.90. The van der Waals surface area contributed by atoms with Crippen molar-refractivity contribution in [2.24, 2.45) is 0 Å². The zero-order chi connectivity index (χ0) is 29.1. The summed E-state index contributed by atoms with van der Waals surface area (Å²) in [6, 6.07) is 23.7. The molecule has 0 aliphatic rings. The van der Waals surface area contributed by atoms with Gasteiger partial charge in [0.2, 0.25) is 5.91 Å². The van der Waals surface area contributed by atoms with Gasteiger partial charge in [0.1, 0.15) is 6.54 Å². The van der Waals surface area contributed by atoms with E-state index in [0.29, 0.717) is 22.0 Å². The number of hydrogen-bond acceptors (Lipinski definition) is 5. The average Bonchev–Trinajstić information content (AvgIpc) is 2.92. The molecule has 8 nitrogen and oxygen atoms in total. The number of hydrogen-bond donors (Lipinski definition) is 2. The molecule has 0 bridgehead atoms. The van der Waals surface area contributed by atoms with E-state index < -0.39 is 32.5 Å². The Bertz CT molecular complexity index is 1740. The highest BCUT2D eigenvalue weighted by Gasteiger charge is 2.29. The molecule has 1 amide bonds. The molecular formula is C29H28ClN3O5S2. The molecule has 0 heterocycles. The molecule has 4 aromatic rings. The Morgan fingerprint density at radius 1 is 0.750 bits per heavy atom. The van der Waals surface area contributed by atoms with Crippen LogP contribution in [0.5, 0.6) is 0 Å². The third-order valence-corrected chi connectivity index (χ3v) is 9.84. The van der Waals surface area contributed by atoms with Gasteiger partial charge < -0.3 is 5.32 Å². The summed E-state index contributed by atoms with van der Waals surface area (Å²) in [4.78, 5) is 13.1. The van der Waals surface area contributed by atoms with E-state index in [1.165, 1.54) is 36.4 Å². The lowest BCUT2D eigenvalue weighted by atomic mass is 10.1. The van der Waals surface area contributed by atoms with Crippen LogP contribution in [0.25, 0.3) is 0 Å². The van der Waals surface area contributed by atoms with E-state index in [9.17, 15) is 21.6 Å². The molecule has 0 aliphatic heterocycles. The summed E-state index contributed by atoms with van der Waals surface area (Å²) >= 11 is 6.26. The molecule has 208 valence electrons. The molecule has 0 aromatic heterocycles. The minimum atomic E-state index is -4.12. The molecule has 0 atom stereocenters. The van der Waals surface area contributed by atoms with Crippen LogP contribution < -0.4 is 14.3 Å². The van der Waals surface area contributed by atoms with E-state index >= 15 is 0 Å². The van der Waals surface area contributed by atoms with E-state index in [0.717, 1.165) is 15.4 Å². The first-order valence-electron chi connectivity index (χ1n) is 12.2. The SMILES string of the molecule is Cc1cccc(C)c1NS(=O)(=O)c1ccc(NC(=O)CN(c2cccc(Cl)c2C)S(=O)(=O)c2ccccc2)cc1. The first-order chi connectivity index (χ1) is 18.9. The molecule has 0 aliphatic carbocycles. The third-order valence-electron chi connectivity index (χ3n) is 6.29. The summed E-state index contributed by atoms with van der Waals surface area (Å²) in [7, 11) is -8.00. The molecule has 0 saturated heterocycles. The Morgan fingerprint density at radius 3 is 1.98 bits per heavy atom. The van der Waals surface area contributed by atoms with Crippen molar-refractivity contribution < 1.29 is 21.6 Å². The van der Waals surface area contributed by atoms with Crippen LogP contribution in [-0.2, 0) is 24.8 Å². The van der Waals surface area contributed by atoms with E-state index in [4.69, 9.17) is 11.6 Å². The van der Waals surface area contributed by atoms with Crippen molar-refractivity contribution >= 4 is 54.6 Å². The van der Waals surface area contributed by atoms with Gasteiger partial charge in [-0.1, -0.05) is 54.1 Å². The molecular weight excluding hydrogens is 570 g/mol. The number of carbonyl (C=O) groups is 1. The number of sulfonamides is 2. The van der Waals surface area contributed by atoms with Gasteiger partial charge in [-0.3, -0.25) is 13.8 Å². The fourth-order valence-electron chi connectivity index (χ4n) is 4.10. The van der Waals surface area contributed by atoms with Crippen LogP contribution in [0.3, 0.4) is 0 Å². The van der Waals surface area contributed by atoms with Crippen LogP contribution in [0.2, 0.25) is 5.02 Å². The highest BCUT2D eigenvalue weighted by Crippen LogP contribution is 2.31. The second kappa shape index (κ2) is 11.7. The number of anilines is 3. The maximum atomic E-state index is 13.6. The summed E-state index contributed by atoms with van der Waals surface area (Å²) in [5, 5.41) is 3.01. The Labute approximate surface area is 239 Å². The Morgan fingerprint density at radius 2 is 1.35 bits per heavy atom. The minimum absolute atomic E-state index is 0.0102. The molecule has 4 aromatic carbocycles. The fourth-order valence-corrected chi connectivity index (χ4v) is 6.97. The number of para-hydroxylation sites is 1. The smallest absolute Gasteiger partial charge is 0.264 e. The van der Waals surface area contributed by atoms with Crippen molar-refractivity contribution in [3.63, 3.8) is 0 Å². The van der Waals surface area contributed by atoms with Gasteiger partial charge >= 0.3 is 0 Å². The summed E-state index contributed by atoms with van der Waals surface area (Å²) in [5.74, 6) is -0.622. The Balaban J connectivity index is 1.56. The minimum Gasteiger partial charge on any atom is -0.325 e. The first kappa shape index (κ1) is 29.1. The molecule has 0 radical (unpaired) electrons. The van der Waals surface area contributed by atoms with Crippen molar-refractivity contribution in [1.29, 1.82) is 0 Å². The molecule has 0 spiro atoms. The number of nitrogens with zero attached hydrogens (tertiary/aromatic N) is 1. The zero-order valence-electron chi connectivity index (χ0n) is 22.1. The number of halogens is 1. The first-order valence-corrected chi connectivity index (χ1v) is 15.5. The maximum absolute atomic E-state index is 13.6. The van der Waals surface area contributed by atoms with Crippen molar-refractivity contribution in [2.75, 3.05) is 20.9 Å². The number of amides is 1. The number of carbonyl (C=O) groups excluding carboxylic acids is 1. The molecule has 40 heavy (non-hydrogen) atoms. The lowest BCUT2D eigenvalue weighted by Gasteiger charge is -2.26. The van der Waals surface area contributed by atoms with Crippen molar-refractivity contribution in [1.82, 2.24) is 0 Å². The lowest BCUT2D eigenvalue weighted by molar-refractivity contribution is -0.114. The lowest BCUT2D eigenvalue weighted by Crippen LogP contribution is -2.38. The highest BCUT2D eigenvalue weighted by atomic mass is 35.5. The molecule has 0 fully saturated rings. The summed E-state index contributed by atoms with van der Waals surface area (Å²) in [5.41, 5.74) is 3.16. The largest absolute Gasteiger partial charge is 0.325 e. The van der Waals surface area contributed by atoms with Gasteiger partial charge in [-0.25, -0.2) is 16.8 Å². The quantitative estimate of drug-likeness (QED) is 0.249. The average molecular weight is 598 g/mol. The van der Waals surface area contributed by atoms with E-state index in [2.05, 4.69) is 10.0 Å². The molecule has 4 rings (SSSR count). The van der Waals surface area contributed by atoms with E-state index in [-0.39, 0.29) is 15.5 Å². The number of rotatable bonds is 9. The number of nitrogens with one attached hydrogen (secondary N) is 2. The summed E-state index contributed by atoms with van der Waals surface area (Å²) < 4.78 is 56.7. The Hall–Kier alpha value is -3.86. The highest BCUT2D eigenvalue weighted by molar-refractivity contribution is 7.93. The summed E-state index contributed by atoms with van der Waals surface area (Å²) in [6.07, 6.45) is 0. The van der Waals surface area contributed by atoms with Crippen LogP contribution in [0.1, 0.15) is 16.7 Å². The van der Waals surface area contributed by atoms with Crippen LogP contribution in [-0.4, -0.2) is 29.3 Å². The third kappa shape index (κ3) is 6.30.